The monoisotopic (exact) mass is 367 g/mol. The lowest BCUT2D eigenvalue weighted by Gasteiger charge is -2.27. The third-order valence-electron chi connectivity index (χ3n) is 3.47. The molecule has 0 saturated carbocycles. The van der Waals surface area contributed by atoms with Crippen molar-refractivity contribution in [2.45, 2.75) is 58.8 Å². The highest BCUT2D eigenvalue weighted by atomic mass is 79.9. The van der Waals surface area contributed by atoms with E-state index in [4.69, 9.17) is 0 Å². The summed E-state index contributed by atoms with van der Waals surface area (Å²) in [6, 6.07) is 6.14. The fourth-order valence-electron chi connectivity index (χ4n) is 2.16. The van der Waals surface area contributed by atoms with Crippen LogP contribution in [0.25, 0.3) is 0 Å². The van der Waals surface area contributed by atoms with E-state index in [2.05, 4.69) is 68.9 Å². The van der Waals surface area contributed by atoms with E-state index in [1.54, 1.807) is 0 Å². The van der Waals surface area contributed by atoms with Gasteiger partial charge >= 0.3 is 0 Å². The van der Waals surface area contributed by atoms with Crippen LogP contribution in [0.15, 0.2) is 18.2 Å². The second-order valence-electron chi connectivity index (χ2n) is 7.66. The maximum absolute atomic E-state index is 12.0. The van der Waals surface area contributed by atoms with Crippen molar-refractivity contribution < 1.29 is 9.59 Å². The summed E-state index contributed by atoms with van der Waals surface area (Å²) in [5.74, 6) is -0.389. The molecule has 1 rings (SSSR count). The number of Topliss-reactive ketones (excluding diaryl/α,β-unsaturated/α-hetero) is 1. The SMILES string of the molecule is CC(C)(C)c1ccc(NC(=O)CC(=O)CBr)c(C(C)(C)C)c1. The first-order valence-electron chi connectivity index (χ1n) is 7.47. The van der Waals surface area contributed by atoms with E-state index < -0.39 is 0 Å². The smallest absolute Gasteiger partial charge is 0.231 e. The molecule has 1 amide bonds. The molecule has 0 atom stereocenters. The molecule has 0 radical (unpaired) electrons. The number of amides is 1. The summed E-state index contributed by atoms with van der Waals surface area (Å²) >= 11 is 3.08. The molecule has 122 valence electrons. The number of carbonyl (C=O) groups excluding carboxylic acids is 2. The summed E-state index contributed by atoms with van der Waals surface area (Å²) in [6.45, 7) is 12.9. The number of hydrogen-bond acceptors (Lipinski definition) is 2. The molecule has 0 aliphatic carbocycles. The number of ketones is 1. The van der Waals surface area contributed by atoms with Gasteiger partial charge in [0.1, 0.15) is 0 Å². The van der Waals surface area contributed by atoms with Crippen LogP contribution in [0, 0.1) is 0 Å². The highest BCUT2D eigenvalue weighted by molar-refractivity contribution is 9.09. The molecule has 1 aromatic carbocycles. The Labute approximate surface area is 142 Å². The number of halogens is 1. The van der Waals surface area contributed by atoms with Crippen molar-refractivity contribution in [3.63, 3.8) is 0 Å². The fourth-order valence-corrected chi connectivity index (χ4v) is 2.36. The Hall–Kier alpha value is -1.16. The summed E-state index contributed by atoms with van der Waals surface area (Å²) in [6.07, 6.45) is -0.101. The van der Waals surface area contributed by atoms with Gasteiger partial charge in [-0.1, -0.05) is 69.6 Å². The number of hydrogen-bond donors (Lipinski definition) is 1. The van der Waals surface area contributed by atoms with Gasteiger partial charge in [0, 0.05) is 5.69 Å². The second kappa shape index (κ2) is 6.95. The Morgan fingerprint density at radius 3 is 2.09 bits per heavy atom. The van der Waals surface area contributed by atoms with E-state index in [1.165, 1.54) is 5.56 Å². The minimum atomic E-state index is -0.265. The normalized spacial score (nSPS) is 12.1. The number of benzene rings is 1. The predicted molar refractivity (Wildman–Crippen MR) is 95.9 cm³/mol. The summed E-state index contributed by atoms with van der Waals surface area (Å²) in [5.41, 5.74) is 3.05. The van der Waals surface area contributed by atoms with Crippen molar-refractivity contribution in [2.75, 3.05) is 10.6 Å². The van der Waals surface area contributed by atoms with Gasteiger partial charge in [-0.3, -0.25) is 9.59 Å². The largest absolute Gasteiger partial charge is 0.325 e. The average molecular weight is 368 g/mol. The lowest BCUT2D eigenvalue weighted by atomic mass is 9.80. The van der Waals surface area contributed by atoms with Crippen molar-refractivity contribution in [1.29, 1.82) is 0 Å². The Morgan fingerprint density at radius 2 is 1.64 bits per heavy atom. The minimum Gasteiger partial charge on any atom is -0.325 e. The number of nitrogens with one attached hydrogen (secondary N) is 1. The van der Waals surface area contributed by atoms with Gasteiger partial charge in [-0.2, -0.15) is 0 Å². The van der Waals surface area contributed by atoms with E-state index in [0.717, 1.165) is 11.3 Å². The molecule has 4 heteroatoms. The van der Waals surface area contributed by atoms with Gasteiger partial charge in [0.05, 0.1) is 11.8 Å². The van der Waals surface area contributed by atoms with Gasteiger partial charge in [-0.15, -0.1) is 0 Å². The van der Waals surface area contributed by atoms with Crippen LogP contribution >= 0.6 is 15.9 Å². The molecule has 0 aliphatic heterocycles. The van der Waals surface area contributed by atoms with E-state index in [9.17, 15) is 9.59 Å². The molecule has 0 saturated heterocycles. The summed E-state index contributed by atoms with van der Waals surface area (Å²) in [5, 5.41) is 3.08. The quantitative estimate of drug-likeness (QED) is 0.625. The van der Waals surface area contributed by atoms with Gasteiger partial charge in [-0.25, -0.2) is 0 Å². The van der Waals surface area contributed by atoms with E-state index >= 15 is 0 Å². The molecule has 0 aromatic heterocycles. The second-order valence-corrected chi connectivity index (χ2v) is 8.22. The van der Waals surface area contributed by atoms with Crippen LogP contribution in [0.2, 0.25) is 0 Å². The van der Waals surface area contributed by atoms with Crippen LogP contribution in [0.5, 0.6) is 0 Å². The van der Waals surface area contributed by atoms with E-state index in [1.807, 2.05) is 12.1 Å². The van der Waals surface area contributed by atoms with Crippen molar-refractivity contribution in [3.8, 4) is 0 Å². The standard InChI is InChI=1S/C18H26BrNO2/c1-17(2,3)12-7-8-15(14(9-12)18(4,5)6)20-16(22)10-13(21)11-19/h7-9H,10-11H2,1-6H3,(H,20,22). The molecule has 0 aliphatic rings. The first-order valence-corrected chi connectivity index (χ1v) is 8.60. The Kier molecular flexibility index (Phi) is 5.96. The van der Waals surface area contributed by atoms with Gasteiger partial charge in [0.25, 0.3) is 0 Å². The van der Waals surface area contributed by atoms with Crippen molar-refractivity contribution in [3.05, 3.63) is 29.3 Å². The summed E-state index contributed by atoms with van der Waals surface area (Å²) < 4.78 is 0. The topological polar surface area (TPSA) is 46.2 Å². The molecular formula is C18H26BrNO2. The molecule has 0 bridgehead atoms. The number of alkyl halides is 1. The third-order valence-corrected chi connectivity index (χ3v) is 4.10. The average Bonchev–Trinajstić information content (AvgIpc) is 2.36. The molecule has 0 unspecified atom stereocenters. The Balaban J connectivity index is 3.14. The van der Waals surface area contributed by atoms with Crippen LogP contribution in [-0.2, 0) is 20.4 Å². The summed E-state index contributed by atoms with van der Waals surface area (Å²) in [7, 11) is 0. The van der Waals surface area contributed by atoms with Crippen LogP contribution in [0.4, 0.5) is 5.69 Å². The third kappa shape index (κ3) is 5.24. The molecule has 0 fully saturated rings. The van der Waals surface area contributed by atoms with Gasteiger partial charge in [0.15, 0.2) is 5.78 Å². The first-order chi connectivity index (χ1) is 9.95. The zero-order valence-corrected chi connectivity index (χ0v) is 15.9. The Bertz CT molecular complexity index is 565. The number of anilines is 1. The van der Waals surface area contributed by atoms with Gasteiger partial charge in [0.2, 0.25) is 5.91 Å². The van der Waals surface area contributed by atoms with Gasteiger partial charge in [-0.05, 0) is 28.0 Å². The molecular weight excluding hydrogens is 342 g/mol. The highest BCUT2D eigenvalue weighted by Gasteiger charge is 2.23. The summed E-state index contributed by atoms with van der Waals surface area (Å²) in [4.78, 5) is 23.4. The molecule has 0 spiro atoms. The lowest BCUT2D eigenvalue weighted by molar-refractivity contribution is -0.123. The Morgan fingerprint density at radius 1 is 1.05 bits per heavy atom. The molecule has 3 nitrogen and oxygen atoms in total. The van der Waals surface area contributed by atoms with Crippen LogP contribution < -0.4 is 5.32 Å². The molecule has 1 aromatic rings. The van der Waals surface area contributed by atoms with Crippen molar-refractivity contribution in [2.24, 2.45) is 0 Å². The van der Waals surface area contributed by atoms with Crippen molar-refractivity contribution in [1.82, 2.24) is 0 Å². The first kappa shape index (κ1) is 18.9. The van der Waals surface area contributed by atoms with E-state index in [-0.39, 0.29) is 34.3 Å². The molecule has 0 heterocycles. The van der Waals surface area contributed by atoms with Gasteiger partial charge < -0.3 is 5.32 Å². The van der Waals surface area contributed by atoms with Crippen LogP contribution in [-0.4, -0.2) is 17.0 Å². The lowest BCUT2D eigenvalue weighted by Crippen LogP contribution is -2.22. The molecule has 1 N–H and O–H groups in total. The maximum atomic E-state index is 12.0. The maximum Gasteiger partial charge on any atom is 0.231 e. The van der Waals surface area contributed by atoms with Crippen molar-refractivity contribution >= 4 is 33.3 Å². The van der Waals surface area contributed by atoms with Crippen LogP contribution in [0.1, 0.15) is 59.1 Å². The predicted octanol–water partition coefficient (Wildman–Crippen LogP) is 4.57. The zero-order chi connectivity index (χ0) is 17.1. The molecule has 22 heavy (non-hydrogen) atoms. The minimum absolute atomic E-state index is 0.0501. The number of carbonyl (C=O) groups is 2. The highest BCUT2D eigenvalue weighted by Crippen LogP contribution is 2.34. The van der Waals surface area contributed by atoms with Crippen LogP contribution in [0.3, 0.4) is 0 Å². The fraction of sp³-hybridized carbons (Fsp3) is 0.556. The zero-order valence-electron chi connectivity index (χ0n) is 14.3. The number of rotatable bonds is 4. The van der Waals surface area contributed by atoms with E-state index in [0.29, 0.717) is 0 Å².